The van der Waals surface area contributed by atoms with Gasteiger partial charge in [-0.25, -0.2) is 8.42 Å². The smallest absolute Gasteiger partial charge is 0.310 e. The Morgan fingerprint density at radius 2 is 2.23 bits per heavy atom. The fraction of sp³-hybridized carbons (Fsp3) is 0.529. The first kappa shape index (κ1) is 19.2. The Morgan fingerprint density at radius 1 is 1.42 bits per heavy atom. The SMILES string of the molecule is CCOC(=O)C1CCCN(S(=O)(=O)c2ccc3c(c2)NC(=O)CCS3)C1. The lowest BCUT2D eigenvalue weighted by Crippen LogP contribution is -2.42. The van der Waals surface area contributed by atoms with Crippen LogP contribution in [-0.2, 0) is 24.3 Å². The molecule has 2 aliphatic heterocycles. The van der Waals surface area contributed by atoms with Crippen molar-refractivity contribution in [2.75, 3.05) is 30.8 Å². The number of sulfonamides is 1. The fourth-order valence-electron chi connectivity index (χ4n) is 3.12. The number of rotatable bonds is 4. The molecule has 0 aliphatic carbocycles. The quantitative estimate of drug-likeness (QED) is 0.781. The number of amides is 1. The number of thioether (sulfide) groups is 1. The van der Waals surface area contributed by atoms with E-state index in [2.05, 4.69) is 5.32 Å². The maximum atomic E-state index is 13.0. The number of esters is 1. The third-order valence-electron chi connectivity index (χ3n) is 4.45. The number of piperidine rings is 1. The van der Waals surface area contributed by atoms with Crippen molar-refractivity contribution in [3.63, 3.8) is 0 Å². The van der Waals surface area contributed by atoms with Crippen molar-refractivity contribution in [2.45, 2.75) is 36.0 Å². The summed E-state index contributed by atoms with van der Waals surface area (Å²) < 4.78 is 32.4. The summed E-state index contributed by atoms with van der Waals surface area (Å²) in [6.45, 7) is 2.51. The molecule has 1 aromatic carbocycles. The van der Waals surface area contributed by atoms with Crippen LogP contribution in [0.15, 0.2) is 28.0 Å². The first-order valence-corrected chi connectivity index (χ1v) is 11.1. The van der Waals surface area contributed by atoms with E-state index in [1.807, 2.05) is 0 Å². The molecule has 26 heavy (non-hydrogen) atoms. The van der Waals surface area contributed by atoms with Gasteiger partial charge >= 0.3 is 5.97 Å². The lowest BCUT2D eigenvalue weighted by atomic mass is 10.0. The number of nitrogens with zero attached hydrogens (tertiary/aromatic N) is 1. The summed E-state index contributed by atoms with van der Waals surface area (Å²) in [5.41, 5.74) is 0.525. The minimum atomic E-state index is -3.74. The Labute approximate surface area is 157 Å². The molecule has 1 unspecified atom stereocenters. The topological polar surface area (TPSA) is 92.8 Å². The average Bonchev–Trinajstić information content (AvgIpc) is 2.81. The van der Waals surface area contributed by atoms with Gasteiger partial charge in [0.15, 0.2) is 0 Å². The normalized spacial score (nSPS) is 21.4. The molecule has 9 heteroatoms. The largest absolute Gasteiger partial charge is 0.466 e. The molecule has 1 fully saturated rings. The molecule has 7 nitrogen and oxygen atoms in total. The Hall–Kier alpha value is -1.58. The number of fused-ring (bicyclic) bond motifs is 1. The van der Waals surface area contributed by atoms with Crippen molar-refractivity contribution in [3.05, 3.63) is 18.2 Å². The maximum Gasteiger partial charge on any atom is 0.310 e. The van der Waals surface area contributed by atoms with Gasteiger partial charge in [-0.15, -0.1) is 11.8 Å². The molecule has 1 atom stereocenters. The third-order valence-corrected chi connectivity index (χ3v) is 7.39. The molecule has 3 rings (SSSR count). The lowest BCUT2D eigenvalue weighted by Gasteiger charge is -2.30. The van der Waals surface area contributed by atoms with Crippen LogP contribution in [0, 0.1) is 5.92 Å². The van der Waals surface area contributed by atoms with Gasteiger partial charge in [-0.3, -0.25) is 9.59 Å². The second kappa shape index (κ2) is 7.98. The van der Waals surface area contributed by atoms with Crippen molar-refractivity contribution < 1.29 is 22.7 Å². The highest BCUT2D eigenvalue weighted by Crippen LogP contribution is 2.34. The molecule has 2 heterocycles. The van der Waals surface area contributed by atoms with Crippen LogP contribution in [0.2, 0.25) is 0 Å². The zero-order valence-electron chi connectivity index (χ0n) is 14.6. The zero-order valence-corrected chi connectivity index (χ0v) is 16.2. The predicted molar refractivity (Wildman–Crippen MR) is 98.5 cm³/mol. The molecule has 142 valence electrons. The summed E-state index contributed by atoms with van der Waals surface area (Å²) in [7, 11) is -3.74. The maximum absolute atomic E-state index is 13.0. The molecule has 2 aliphatic rings. The Bertz CT molecular complexity index is 809. The number of carbonyl (C=O) groups is 2. The molecule has 0 bridgehead atoms. The third kappa shape index (κ3) is 4.05. The van der Waals surface area contributed by atoms with E-state index in [1.54, 1.807) is 19.1 Å². The lowest BCUT2D eigenvalue weighted by molar-refractivity contribution is -0.149. The van der Waals surface area contributed by atoms with E-state index >= 15 is 0 Å². The highest BCUT2D eigenvalue weighted by molar-refractivity contribution is 7.99. The van der Waals surface area contributed by atoms with E-state index in [0.29, 0.717) is 37.2 Å². The van der Waals surface area contributed by atoms with Crippen LogP contribution in [0.5, 0.6) is 0 Å². The van der Waals surface area contributed by atoms with E-state index in [0.717, 1.165) is 4.90 Å². The number of anilines is 1. The number of nitrogens with one attached hydrogen (secondary N) is 1. The number of benzene rings is 1. The first-order valence-electron chi connectivity index (χ1n) is 8.65. The van der Waals surface area contributed by atoms with E-state index in [1.165, 1.54) is 22.1 Å². The molecule has 1 N–H and O–H groups in total. The van der Waals surface area contributed by atoms with Crippen LogP contribution in [0.3, 0.4) is 0 Å². The van der Waals surface area contributed by atoms with E-state index in [9.17, 15) is 18.0 Å². The monoisotopic (exact) mass is 398 g/mol. The van der Waals surface area contributed by atoms with Crippen molar-refractivity contribution in [2.24, 2.45) is 5.92 Å². The van der Waals surface area contributed by atoms with Gasteiger partial charge in [-0.2, -0.15) is 4.31 Å². The van der Waals surface area contributed by atoms with Gasteiger partial charge in [0, 0.05) is 30.2 Å². The van der Waals surface area contributed by atoms with E-state index < -0.39 is 15.9 Å². The Balaban J connectivity index is 1.83. The summed E-state index contributed by atoms with van der Waals surface area (Å²) in [4.78, 5) is 24.7. The molecule has 1 amide bonds. The van der Waals surface area contributed by atoms with Crippen LogP contribution in [0.25, 0.3) is 0 Å². The van der Waals surface area contributed by atoms with Gasteiger partial charge in [0.1, 0.15) is 0 Å². The average molecular weight is 399 g/mol. The predicted octanol–water partition coefficient (Wildman–Crippen LogP) is 2.08. The van der Waals surface area contributed by atoms with Gasteiger partial charge in [-0.05, 0) is 38.0 Å². The zero-order chi connectivity index (χ0) is 18.7. The molecule has 0 aromatic heterocycles. The van der Waals surface area contributed by atoms with Crippen LogP contribution in [-0.4, -0.2) is 50.0 Å². The van der Waals surface area contributed by atoms with Crippen LogP contribution in [0.1, 0.15) is 26.2 Å². The highest BCUT2D eigenvalue weighted by Gasteiger charge is 2.34. The fourth-order valence-corrected chi connectivity index (χ4v) is 5.61. The van der Waals surface area contributed by atoms with Gasteiger partial charge in [-0.1, -0.05) is 0 Å². The number of hydrogen-bond donors (Lipinski definition) is 1. The molecule has 0 spiro atoms. The van der Waals surface area contributed by atoms with Gasteiger partial charge in [0.2, 0.25) is 15.9 Å². The Morgan fingerprint density at radius 3 is 3.00 bits per heavy atom. The van der Waals surface area contributed by atoms with Gasteiger partial charge < -0.3 is 10.1 Å². The minimum absolute atomic E-state index is 0.119. The standard InChI is InChI=1S/C17H22N2O5S2/c1-2-24-17(21)12-4-3-8-19(11-12)26(22,23)13-5-6-15-14(10-13)18-16(20)7-9-25-15/h5-6,10,12H,2-4,7-9,11H2,1H3,(H,18,20). The van der Waals surface area contributed by atoms with Gasteiger partial charge in [0.25, 0.3) is 0 Å². The molecule has 1 saturated heterocycles. The molecular formula is C17H22N2O5S2. The first-order chi connectivity index (χ1) is 12.4. The summed E-state index contributed by atoms with van der Waals surface area (Å²) in [6.07, 6.45) is 1.64. The van der Waals surface area contributed by atoms with E-state index in [4.69, 9.17) is 4.74 Å². The Kier molecular flexibility index (Phi) is 5.89. The van der Waals surface area contributed by atoms with Crippen LogP contribution in [0.4, 0.5) is 5.69 Å². The molecule has 0 radical (unpaired) electrons. The minimum Gasteiger partial charge on any atom is -0.466 e. The van der Waals surface area contributed by atoms with Crippen LogP contribution >= 0.6 is 11.8 Å². The van der Waals surface area contributed by atoms with Crippen molar-refractivity contribution in [3.8, 4) is 0 Å². The van der Waals surface area contributed by atoms with E-state index in [-0.39, 0.29) is 29.9 Å². The second-order valence-corrected chi connectivity index (χ2v) is 9.33. The summed E-state index contributed by atoms with van der Waals surface area (Å²) in [5, 5.41) is 2.76. The van der Waals surface area contributed by atoms with Crippen LogP contribution < -0.4 is 5.32 Å². The van der Waals surface area contributed by atoms with Crippen molar-refractivity contribution >= 4 is 39.3 Å². The highest BCUT2D eigenvalue weighted by atomic mass is 32.2. The van der Waals surface area contributed by atoms with Crippen molar-refractivity contribution in [1.82, 2.24) is 4.31 Å². The molecular weight excluding hydrogens is 376 g/mol. The molecule has 0 saturated carbocycles. The summed E-state index contributed by atoms with van der Waals surface area (Å²) in [6, 6.07) is 4.80. The van der Waals surface area contributed by atoms with Gasteiger partial charge in [0.05, 0.1) is 23.1 Å². The van der Waals surface area contributed by atoms with Crippen molar-refractivity contribution in [1.29, 1.82) is 0 Å². The summed E-state index contributed by atoms with van der Waals surface area (Å²) in [5.74, 6) is -0.239. The number of hydrogen-bond acceptors (Lipinski definition) is 6. The second-order valence-electron chi connectivity index (χ2n) is 6.26. The summed E-state index contributed by atoms with van der Waals surface area (Å²) >= 11 is 1.53. The molecule has 1 aromatic rings. The number of carbonyl (C=O) groups excluding carboxylic acids is 2. The number of ether oxygens (including phenoxy) is 1.